The van der Waals surface area contributed by atoms with E-state index in [1.165, 1.54) is 0 Å². The van der Waals surface area contributed by atoms with Gasteiger partial charge in [0.15, 0.2) is 69.0 Å². The van der Waals surface area contributed by atoms with Crippen molar-refractivity contribution in [2.45, 2.75) is 166 Å². The largest absolute Gasteiger partial charge is 0.453 e. The zero-order valence-electron chi connectivity index (χ0n) is 57.3. The quantitative estimate of drug-likeness (QED) is 0.148. The summed E-state index contributed by atoms with van der Waals surface area (Å²) in [4.78, 5) is 6.63. The molecule has 0 amide bonds. The van der Waals surface area contributed by atoms with Crippen molar-refractivity contribution in [2.75, 3.05) is 14.7 Å². The first-order valence-electron chi connectivity index (χ1n) is 32.7. The van der Waals surface area contributed by atoms with Gasteiger partial charge in [0.1, 0.15) is 17.1 Å². The maximum atomic E-state index is 6.02. The molecule has 9 nitrogen and oxygen atoms in total. The molecule has 0 unspecified atom stereocenters. The number of fused-ring (bicyclic) bond motifs is 12. The van der Waals surface area contributed by atoms with E-state index < -0.39 is 0 Å². The van der Waals surface area contributed by atoms with Crippen LogP contribution in [0.25, 0.3) is 0 Å². The number of hydrogen-bond acceptors (Lipinski definition) is 9. The zero-order valence-corrected chi connectivity index (χ0v) is 57.3. The minimum atomic E-state index is 0.820. The Morgan fingerprint density at radius 3 is 0.402 bits per heavy atom. The highest BCUT2D eigenvalue weighted by molar-refractivity contribution is 5.96. The van der Waals surface area contributed by atoms with Crippen LogP contribution in [0.2, 0.25) is 0 Å². The Balaban J connectivity index is 0.000000556. The van der Waals surface area contributed by atoms with Gasteiger partial charge in [-0.1, -0.05) is 257 Å². The van der Waals surface area contributed by atoms with Crippen molar-refractivity contribution in [2.24, 2.45) is 0 Å². The van der Waals surface area contributed by atoms with Gasteiger partial charge in [-0.05, 0) is 109 Å². The monoisotopic (exact) mass is 1180 g/mol. The highest BCUT2D eigenvalue weighted by atomic mass is 16.5. The molecule has 6 aliphatic heterocycles. The number of ether oxygens (including phenoxy) is 6. The van der Waals surface area contributed by atoms with E-state index in [0.717, 1.165) is 120 Å². The predicted octanol–water partition coefficient (Wildman–Crippen LogP) is 28.4. The molecule has 0 radical (unpaired) electrons. The molecule has 468 valence electrons. The van der Waals surface area contributed by atoms with Gasteiger partial charge < -0.3 is 28.4 Å². The fourth-order valence-corrected chi connectivity index (χ4v) is 8.85. The van der Waals surface area contributed by atoms with Crippen LogP contribution in [-0.2, 0) is 0 Å². The second-order valence-corrected chi connectivity index (χ2v) is 15.2. The van der Waals surface area contributed by atoms with E-state index in [4.69, 9.17) is 28.4 Å². The molecule has 0 aromatic heterocycles. The topological polar surface area (TPSA) is 65.1 Å². The lowest BCUT2D eigenvalue weighted by atomic mass is 10.1. The minimum absolute atomic E-state index is 0.820. The Kier molecular flexibility index (Phi) is 37.6. The van der Waals surface area contributed by atoms with Crippen LogP contribution in [0, 0.1) is 0 Å². The lowest BCUT2D eigenvalue weighted by Gasteiger charge is -2.37. The maximum Gasteiger partial charge on any atom is 0.155 e. The summed E-state index contributed by atoms with van der Waals surface area (Å²) in [6.45, 7) is 48.0. The van der Waals surface area contributed by atoms with Crippen molar-refractivity contribution < 1.29 is 28.4 Å². The van der Waals surface area contributed by atoms with Crippen molar-refractivity contribution in [1.29, 1.82) is 0 Å². The fraction of sp³-hybridized carbons (Fsp3) is 0.308. The van der Waals surface area contributed by atoms with Gasteiger partial charge >= 0.3 is 0 Å². The third-order valence-corrected chi connectivity index (χ3v) is 11.5. The van der Waals surface area contributed by atoms with Gasteiger partial charge in [-0.2, -0.15) is 0 Å². The fourth-order valence-electron chi connectivity index (χ4n) is 8.85. The molecule has 0 fully saturated rings. The SMILES string of the molecule is CC.CC.CC.CC.CC.CC.CC.CC.CC.CC.CC.CC.c1ccc2c(c1)Oc1cccc3c1N2c1ccccc1O3.c1ccc2c(c1)Oc1cccc3c1N2c1ccccc1O3.c1ccc2c(c1)Oc1cccc3c1N2c1ccccc1O3. The van der Waals surface area contributed by atoms with Crippen LogP contribution in [0.5, 0.6) is 69.0 Å². The summed E-state index contributed by atoms with van der Waals surface area (Å²) in [5.74, 6) is 10.1. The zero-order chi connectivity index (χ0) is 65.4. The van der Waals surface area contributed by atoms with Crippen LogP contribution < -0.4 is 43.1 Å². The second kappa shape index (κ2) is 42.9. The Labute approximate surface area is 527 Å². The summed E-state index contributed by atoms with van der Waals surface area (Å²) in [5.41, 5.74) is 9.11. The number of rotatable bonds is 0. The van der Waals surface area contributed by atoms with Crippen LogP contribution in [0.3, 0.4) is 0 Å². The van der Waals surface area contributed by atoms with Crippen molar-refractivity contribution in [1.82, 2.24) is 0 Å². The van der Waals surface area contributed by atoms with E-state index >= 15 is 0 Å². The number of hydrogen-bond donors (Lipinski definition) is 0. The molecular formula is C78H105N3O6. The number of nitrogens with zero attached hydrogens (tertiary/aromatic N) is 3. The molecule has 0 bridgehead atoms. The highest BCUT2D eigenvalue weighted by Gasteiger charge is 2.36. The van der Waals surface area contributed by atoms with Gasteiger partial charge in [0.2, 0.25) is 0 Å². The molecule has 0 N–H and O–H groups in total. The molecular weight excluding hydrogens is 1070 g/mol. The Bertz CT molecular complexity index is 2770. The van der Waals surface area contributed by atoms with E-state index in [9.17, 15) is 0 Å². The van der Waals surface area contributed by atoms with E-state index in [1.807, 2.05) is 330 Å². The number of anilines is 9. The average molecular weight is 1180 g/mol. The Morgan fingerprint density at radius 1 is 0.149 bits per heavy atom. The summed E-state index contributed by atoms with van der Waals surface area (Å²) >= 11 is 0. The van der Waals surface area contributed by atoms with Crippen molar-refractivity contribution in [3.63, 3.8) is 0 Å². The molecule has 6 heterocycles. The van der Waals surface area contributed by atoms with Gasteiger partial charge in [-0.3, -0.25) is 14.7 Å². The van der Waals surface area contributed by atoms with Crippen molar-refractivity contribution >= 4 is 51.2 Å². The third-order valence-electron chi connectivity index (χ3n) is 11.5. The van der Waals surface area contributed by atoms with Crippen molar-refractivity contribution in [3.8, 4) is 69.0 Å². The molecule has 9 heteroatoms. The van der Waals surface area contributed by atoms with Crippen LogP contribution in [-0.4, -0.2) is 0 Å². The standard InChI is InChI=1S/3C18H11NO2.12C2H6/c3*1-3-8-14-12(6-1)19-13-7-2-4-9-15(13)21-17-11-5-10-16(20-14)18(17)19;12*1-2/h3*1-11H;12*1-2H3. The first-order valence-corrected chi connectivity index (χ1v) is 32.7. The molecule has 9 aromatic rings. The highest BCUT2D eigenvalue weighted by Crippen LogP contribution is 2.62. The van der Waals surface area contributed by atoms with Gasteiger partial charge in [-0.15, -0.1) is 0 Å². The summed E-state index contributed by atoms with van der Waals surface area (Å²) in [6, 6.07) is 66.1. The molecule has 0 aliphatic carbocycles. The summed E-state index contributed by atoms with van der Waals surface area (Å²) in [5, 5.41) is 0. The molecule has 0 saturated heterocycles. The third kappa shape index (κ3) is 17.2. The smallest absolute Gasteiger partial charge is 0.155 e. The maximum absolute atomic E-state index is 6.02. The normalized spacial score (nSPS) is 10.6. The summed E-state index contributed by atoms with van der Waals surface area (Å²) in [7, 11) is 0. The van der Waals surface area contributed by atoms with Gasteiger partial charge in [-0.25, -0.2) is 0 Å². The lowest BCUT2D eigenvalue weighted by molar-refractivity contribution is 0.445. The Hall–Kier alpha value is -8.82. The second-order valence-electron chi connectivity index (χ2n) is 15.2. The molecule has 15 rings (SSSR count). The molecule has 0 atom stereocenters. The molecule has 87 heavy (non-hydrogen) atoms. The Morgan fingerprint density at radius 2 is 0.264 bits per heavy atom. The average Bonchev–Trinajstić information content (AvgIpc) is 0.889. The first-order chi connectivity index (χ1) is 43.2. The van der Waals surface area contributed by atoms with Crippen LogP contribution in [0.15, 0.2) is 200 Å². The van der Waals surface area contributed by atoms with E-state index in [0.29, 0.717) is 0 Å². The summed E-state index contributed by atoms with van der Waals surface area (Å²) < 4.78 is 36.1. The molecule has 9 aromatic carbocycles. The van der Waals surface area contributed by atoms with E-state index in [2.05, 4.69) is 51.1 Å². The lowest BCUT2D eigenvalue weighted by Crippen LogP contribution is -2.19. The molecule has 0 saturated carbocycles. The number of benzene rings is 9. The van der Waals surface area contributed by atoms with E-state index in [-0.39, 0.29) is 0 Å². The summed E-state index contributed by atoms with van der Waals surface area (Å²) in [6.07, 6.45) is 0. The molecule has 0 spiro atoms. The van der Waals surface area contributed by atoms with Crippen LogP contribution in [0.1, 0.15) is 166 Å². The van der Waals surface area contributed by atoms with Gasteiger partial charge in [0.25, 0.3) is 0 Å². The van der Waals surface area contributed by atoms with E-state index in [1.54, 1.807) is 0 Å². The van der Waals surface area contributed by atoms with Gasteiger partial charge in [0.05, 0.1) is 34.1 Å². The van der Waals surface area contributed by atoms with Crippen LogP contribution in [0.4, 0.5) is 51.2 Å². The van der Waals surface area contributed by atoms with Crippen LogP contribution >= 0.6 is 0 Å². The molecule has 6 aliphatic rings. The number of para-hydroxylation sites is 15. The van der Waals surface area contributed by atoms with Crippen molar-refractivity contribution in [3.05, 3.63) is 200 Å². The van der Waals surface area contributed by atoms with Gasteiger partial charge in [0, 0.05) is 0 Å². The first kappa shape index (κ1) is 76.2. The predicted molar refractivity (Wildman–Crippen MR) is 380 cm³/mol. The minimum Gasteiger partial charge on any atom is -0.453 e.